The zero-order valence-corrected chi connectivity index (χ0v) is 18.5. The van der Waals surface area contributed by atoms with E-state index >= 15 is 0 Å². The predicted molar refractivity (Wildman–Crippen MR) is 119 cm³/mol. The van der Waals surface area contributed by atoms with Crippen LogP contribution in [0.3, 0.4) is 0 Å². The zero-order chi connectivity index (χ0) is 23.5. The third-order valence-electron chi connectivity index (χ3n) is 5.32. The van der Waals surface area contributed by atoms with Crippen molar-refractivity contribution in [2.24, 2.45) is 0 Å². The maximum Gasteiger partial charge on any atom is 0.355 e. The van der Waals surface area contributed by atoms with Gasteiger partial charge in [-0.1, -0.05) is 18.2 Å². The topological polar surface area (TPSA) is 125 Å². The maximum absolute atomic E-state index is 12.7. The van der Waals surface area contributed by atoms with E-state index in [1.807, 2.05) is 0 Å². The smallest absolute Gasteiger partial charge is 0.355 e. The van der Waals surface area contributed by atoms with Crippen LogP contribution in [-0.4, -0.2) is 57.2 Å². The second-order valence-corrected chi connectivity index (χ2v) is 8.63. The van der Waals surface area contributed by atoms with Crippen LogP contribution >= 0.6 is 11.8 Å². The number of amides is 2. The first kappa shape index (κ1) is 22.5. The number of ether oxygens (including phenoxy) is 2. The molecule has 2 amide bonds. The van der Waals surface area contributed by atoms with Crippen molar-refractivity contribution in [3.8, 4) is 17.2 Å². The number of phenols is 2. The number of methoxy groups -OCH3 is 1. The highest BCUT2D eigenvalue weighted by atomic mass is 32.2. The average molecular weight is 471 g/mol. The molecule has 2 heterocycles. The summed E-state index contributed by atoms with van der Waals surface area (Å²) in [5.74, 6) is -0.590. The second-order valence-electron chi connectivity index (χ2n) is 7.48. The summed E-state index contributed by atoms with van der Waals surface area (Å²) in [7, 11) is 1.57. The van der Waals surface area contributed by atoms with Crippen molar-refractivity contribution in [1.29, 1.82) is 0 Å². The zero-order valence-electron chi connectivity index (χ0n) is 17.7. The van der Waals surface area contributed by atoms with Gasteiger partial charge in [0.05, 0.1) is 13.5 Å². The Kier molecular flexibility index (Phi) is 6.45. The van der Waals surface area contributed by atoms with Crippen molar-refractivity contribution in [2.45, 2.75) is 24.4 Å². The van der Waals surface area contributed by atoms with E-state index in [2.05, 4.69) is 5.32 Å². The van der Waals surface area contributed by atoms with Crippen LogP contribution in [0.25, 0.3) is 0 Å². The predicted octanol–water partition coefficient (Wildman–Crippen LogP) is 1.68. The lowest BCUT2D eigenvalue weighted by molar-refractivity contribution is -0.153. The molecule has 4 rings (SSSR count). The van der Waals surface area contributed by atoms with Crippen LogP contribution in [0.5, 0.6) is 17.2 Å². The Morgan fingerprint density at radius 3 is 2.64 bits per heavy atom. The average Bonchev–Trinajstić information content (AvgIpc) is 2.82. The van der Waals surface area contributed by atoms with Crippen LogP contribution in [0.2, 0.25) is 0 Å². The van der Waals surface area contributed by atoms with E-state index in [0.29, 0.717) is 17.1 Å². The van der Waals surface area contributed by atoms with Gasteiger partial charge in [-0.15, -0.1) is 11.8 Å². The maximum atomic E-state index is 12.7. The fourth-order valence-electron chi connectivity index (χ4n) is 3.57. The summed E-state index contributed by atoms with van der Waals surface area (Å²) in [6.45, 7) is 0.0519. The van der Waals surface area contributed by atoms with Gasteiger partial charge in [-0.25, -0.2) is 4.79 Å². The van der Waals surface area contributed by atoms with Crippen LogP contribution in [0.15, 0.2) is 54.2 Å². The van der Waals surface area contributed by atoms with Crippen LogP contribution in [0.1, 0.15) is 11.1 Å². The number of thioether (sulfide) groups is 1. The Morgan fingerprint density at radius 2 is 1.94 bits per heavy atom. The van der Waals surface area contributed by atoms with E-state index in [1.54, 1.807) is 37.5 Å². The minimum absolute atomic E-state index is 0.0519. The lowest BCUT2D eigenvalue weighted by Crippen LogP contribution is -2.70. The summed E-state index contributed by atoms with van der Waals surface area (Å²) in [4.78, 5) is 39.1. The third-order valence-corrected chi connectivity index (χ3v) is 6.50. The Balaban J connectivity index is 1.34. The summed E-state index contributed by atoms with van der Waals surface area (Å²) in [6, 6.07) is 10.3. The molecule has 1 fully saturated rings. The molecule has 0 bridgehead atoms. The molecule has 2 aromatic rings. The summed E-state index contributed by atoms with van der Waals surface area (Å²) in [5, 5.41) is 21.5. The Morgan fingerprint density at radius 1 is 1.18 bits per heavy atom. The summed E-state index contributed by atoms with van der Waals surface area (Å²) >= 11 is 1.43. The van der Waals surface area contributed by atoms with Gasteiger partial charge in [-0.3, -0.25) is 14.5 Å². The Labute approximate surface area is 194 Å². The molecular weight excluding hydrogens is 448 g/mol. The van der Waals surface area contributed by atoms with E-state index in [1.165, 1.54) is 28.8 Å². The molecule has 0 aromatic heterocycles. The first-order valence-corrected chi connectivity index (χ1v) is 11.2. The number of carbonyl (C=O) groups excluding carboxylic acids is 3. The number of hydrogen-bond donors (Lipinski definition) is 3. The van der Waals surface area contributed by atoms with Crippen LogP contribution in [-0.2, 0) is 32.1 Å². The third kappa shape index (κ3) is 4.75. The summed E-state index contributed by atoms with van der Waals surface area (Å²) in [5.41, 5.74) is 1.27. The number of esters is 1. The lowest BCUT2D eigenvalue weighted by Gasteiger charge is -2.48. The van der Waals surface area contributed by atoms with Crippen LogP contribution in [0, 0.1) is 0 Å². The molecule has 33 heavy (non-hydrogen) atoms. The van der Waals surface area contributed by atoms with E-state index < -0.39 is 29.2 Å². The van der Waals surface area contributed by atoms with E-state index in [9.17, 15) is 24.6 Å². The molecule has 0 radical (unpaired) electrons. The molecule has 0 aliphatic carbocycles. The number of carbonyl (C=O) groups is 3. The molecule has 2 atom stereocenters. The van der Waals surface area contributed by atoms with Gasteiger partial charge in [-0.05, 0) is 29.8 Å². The van der Waals surface area contributed by atoms with Crippen LogP contribution in [0.4, 0.5) is 0 Å². The fraction of sp³-hybridized carbons (Fsp3) is 0.261. The van der Waals surface area contributed by atoms with Gasteiger partial charge in [0.2, 0.25) is 5.91 Å². The van der Waals surface area contributed by atoms with Gasteiger partial charge >= 0.3 is 5.97 Å². The first-order valence-electron chi connectivity index (χ1n) is 10.1. The van der Waals surface area contributed by atoms with Gasteiger partial charge in [0.15, 0.2) is 0 Å². The lowest BCUT2D eigenvalue weighted by atomic mass is 10.0. The Hall–Kier alpha value is -3.66. The Bertz CT molecular complexity index is 1120. The molecule has 3 N–H and O–H groups in total. The van der Waals surface area contributed by atoms with Gasteiger partial charge < -0.3 is 25.0 Å². The monoisotopic (exact) mass is 470 g/mol. The number of nitrogens with zero attached hydrogens (tertiary/aromatic N) is 1. The number of fused-ring (bicyclic) bond motifs is 1. The molecule has 0 spiro atoms. The van der Waals surface area contributed by atoms with Crippen molar-refractivity contribution in [3.63, 3.8) is 0 Å². The number of β-lactam (4-membered cyclic amide) rings is 1. The van der Waals surface area contributed by atoms with Gasteiger partial charge in [-0.2, -0.15) is 0 Å². The molecule has 1 saturated heterocycles. The highest BCUT2D eigenvalue weighted by Crippen LogP contribution is 2.38. The number of rotatable bonds is 7. The minimum Gasteiger partial charge on any atom is -0.508 e. The molecule has 2 aromatic carbocycles. The SMILES string of the molecule is COc1ccc(COC(=O)C2=CCS[C@@H]3C(NC(=O)Cc4ccc(O)cc4O)C(=O)N23)cc1. The normalized spacial score (nSPS) is 19.1. The van der Waals surface area contributed by atoms with Gasteiger partial charge in [0.1, 0.15) is 41.0 Å². The second kappa shape index (κ2) is 9.45. The molecule has 1 unspecified atom stereocenters. The van der Waals surface area contributed by atoms with E-state index in [-0.39, 0.29) is 30.2 Å². The molecule has 9 nitrogen and oxygen atoms in total. The van der Waals surface area contributed by atoms with Crippen molar-refractivity contribution in [2.75, 3.05) is 12.9 Å². The molecule has 2 aliphatic heterocycles. The van der Waals surface area contributed by atoms with E-state index in [4.69, 9.17) is 9.47 Å². The quantitative estimate of drug-likeness (QED) is 0.412. The largest absolute Gasteiger partial charge is 0.508 e. The van der Waals surface area contributed by atoms with E-state index in [0.717, 1.165) is 11.6 Å². The number of aromatic hydroxyl groups is 2. The highest BCUT2D eigenvalue weighted by molar-refractivity contribution is 8.00. The molecule has 2 aliphatic rings. The number of phenolic OH excluding ortho intramolecular Hbond substituents is 2. The molecule has 172 valence electrons. The minimum atomic E-state index is -0.778. The number of benzene rings is 2. The summed E-state index contributed by atoms with van der Waals surface area (Å²) in [6.07, 6.45) is 1.49. The number of nitrogens with one attached hydrogen (secondary N) is 1. The fourth-order valence-corrected chi connectivity index (χ4v) is 4.77. The summed E-state index contributed by atoms with van der Waals surface area (Å²) < 4.78 is 10.5. The highest BCUT2D eigenvalue weighted by Gasteiger charge is 2.52. The first-order chi connectivity index (χ1) is 15.9. The van der Waals surface area contributed by atoms with Crippen molar-refractivity contribution in [1.82, 2.24) is 10.2 Å². The molecular formula is C23H22N2O7S. The molecule has 10 heteroatoms. The number of hydrogen-bond acceptors (Lipinski definition) is 8. The van der Waals surface area contributed by atoms with Gasteiger partial charge in [0, 0.05) is 17.4 Å². The van der Waals surface area contributed by atoms with Crippen molar-refractivity contribution < 1.29 is 34.1 Å². The molecule has 0 saturated carbocycles. The van der Waals surface area contributed by atoms with Gasteiger partial charge in [0.25, 0.3) is 5.91 Å². The van der Waals surface area contributed by atoms with Crippen LogP contribution < -0.4 is 10.1 Å². The van der Waals surface area contributed by atoms with Crippen molar-refractivity contribution >= 4 is 29.5 Å². The van der Waals surface area contributed by atoms with Crippen molar-refractivity contribution in [3.05, 3.63) is 65.4 Å². The standard InChI is InChI=1S/C23H22N2O7S/c1-31-16-6-2-13(3-7-16)12-32-23(30)17-8-9-33-22-20(21(29)25(17)22)24-19(28)10-14-4-5-15(26)11-18(14)27/h2-8,11,20,22,26-27H,9-10,12H2,1H3,(H,24,28)/t20?,22-/m1/s1.